The summed E-state index contributed by atoms with van der Waals surface area (Å²) in [5.41, 5.74) is 8.25. The third kappa shape index (κ3) is 4.64. The molecule has 0 bridgehead atoms. The first-order valence-corrected chi connectivity index (χ1v) is 8.78. The molecule has 0 saturated carbocycles. The normalized spacial score (nSPS) is 19.6. The van der Waals surface area contributed by atoms with E-state index in [9.17, 15) is 9.59 Å². The Kier molecular flexibility index (Phi) is 7.08. The number of carbonyl (C=O) groups is 2. The minimum Gasteiger partial charge on any atom is -0.337 e. The van der Waals surface area contributed by atoms with Crippen LogP contribution in [-0.4, -0.2) is 54.0 Å². The first-order chi connectivity index (χ1) is 11.7. The molecule has 0 aromatic heterocycles. The number of carbonyl (C=O) groups excluding carboxylic acids is 2. The molecule has 7 heteroatoms. The van der Waals surface area contributed by atoms with E-state index in [1.54, 1.807) is 4.90 Å². The minimum atomic E-state index is -0.167. The molecule has 1 aromatic carbocycles. The Morgan fingerprint density at radius 1 is 1.16 bits per heavy atom. The molecule has 3 rings (SSSR count). The summed E-state index contributed by atoms with van der Waals surface area (Å²) in [6.07, 6.45) is 3.95. The third-order valence-corrected chi connectivity index (χ3v) is 5.03. The molecule has 0 spiro atoms. The monoisotopic (exact) mass is 366 g/mol. The van der Waals surface area contributed by atoms with Gasteiger partial charge in [-0.05, 0) is 36.8 Å². The summed E-state index contributed by atoms with van der Waals surface area (Å²) >= 11 is 0. The van der Waals surface area contributed by atoms with E-state index >= 15 is 0 Å². The lowest BCUT2D eigenvalue weighted by Gasteiger charge is -2.35. The summed E-state index contributed by atoms with van der Waals surface area (Å²) in [4.78, 5) is 28.4. The molecule has 1 fully saturated rings. The quantitative estimate of drug-likeness (QED) is 0.851. The standard InChI is InChI=1S/C18H26N4O2.ClH/c19-11-16-7-3-4-9-22(16)17(23)12-20-18(24)21-10-8-14-5-1-2-6-15(14)13-21;/h1-2,5-6,16H,3-4,7-13,19H2,(H,20,24);1H. The van der Waals surface area contributed by atoms with Gasteiger partial charge in [0.1, 0.15) is 0 Å². The van der Waals surface area contributed by atoms with E-state index in [-0.39, 0.29) is 36.9 Å². The number of hydrogen-bond donors (Lipinski definition) is 2. The Hall–Kier alpha value is -1.79. The first-order valence-electron chi connectivity index (χ1n) is 8.78. The number of benzene rings is 1. The lowest BCUT2D eigenvalue weighted by Crippen LogP contribution is -2.52. The average Bonchev–Trinajstić information content (AvgIpc) is 2.65. The number of piperidine rings is 1. The molecule has 3 N–H and O–H groups in total. The van der Waals surface area contributed by atoms with Crippen molar-refractivity contribution in [3.05, 3.63) is 35.4 Å². The van der Waals surface area contributed by atoms with Crippen LogP contribution in [-0.2, 0) is 17.8 Å². The SMILES string of the molecule is Cl.NCC1CCCCN1C(=O)CNC(=O)N1CCc2ccccc2C1. The van der Waals surface area contributed by atoms with Gasteiger partial charge in [0.2, 0.25) is 5.91 Å². The Bertz CT molecular complexity index is 610. The van der Waals surface area contributed by atoms with Crippen LogP contribution in [0.15, 0.2) is 24.3 Å². The molecule has 25 heavy (non-hydrogen) atoms. The molecule has 1 atom stereocenters. The van der Waals surface area contributed by atoms with Crippen LogP contribution in [0, 0.1) is 0 Å². The smallest absolute Gasteiger partial charge is 0.318 e. The number of urea groups is 1. The maximum atomic E-state index is 12.4. The maximum absolute atomic E-state index is 12.4. The summed E-state index contributed by atoms with van der Waals surface area (Å²) in [5, 5.41) is 2.78. The molecule has 1 unspecified atom stereocenters. The van der Waals surface area contributed by atoms with E-state index in [4.69, 9.17) is 5.73 Å². The van der Waals surface area contributed by atoms with E-state index in [1.807, 2.05) is 17.0 Å². The summed E-state index contributed by atoms with van der Waals surface area (Å²) in [6, 6.07) is 8.13. The van der Waals surface area contributed by atoms with E-state index in [1.165, 1.54) is 11.1 Å². The summed E-state index contributed by atoms with van der Waals surface area (Å²) in [6.45, 7) is 2.57. The van der Waals surface area contributed by atoms with Crippen molar-refractivity contribution in [2.45, 2.75) is 38.3 Å². The van der Waals surface area contributed by atoms with Crippen LogP contribution in [0.4, 0.5) is 4.79 Å². The van der Waals surface area contributed by atoms with Crippen molar-refractivity contribution >= 4 is 24.3 Å². The molecule has 138 valence electrons. The van der Waals surface area contributed by atoms with E-state index in [0.29, 0.717) is 19.6 Å². The highest BCUT2D eigenvalue weighted by Crippen LogP contribution is 2.18. The van der Waals surface area contributed by atoms with Gasteiger partial charge in [0, 0.05) is 32.2 Å². The third-order valence-electron chi connectivity index (χ3n) is 5.03. The summed E-state index contributed by atoms with van der Waals surface area (Å²) < 4.78 is 0. The fourth-order valence-corrected chi connectivity index (χ4v) is 3.61. The number of fused-ring (bicyclic) bond motifs is 1. The summed E-state index contributed by atoms with van der Waals surface area (Å²) in [5.74, 6) is -0.0316. The van der Waals surface area contributed by atoms with E-state index < -0.39 is 0 Å². The van der Waals surface area contributed by atoms with Crippen LogP contribution in [0.1, 0.15) is 30.4 Å². The number of halogens is 1. The predicted molar refractivity (Wildman–Crippen MR) is 99.6 cm³/mol. The van der Waals surface area contributed by atoms with Gasteiger partial charge in [-0.3, -0.25) is 4.79 Å². The highest BCUT2D eigenvalue weighted by Gasteiger charge is 2.26. The summed E-state index contributed by atoms with van der Waals surface area (Å²) in [7, 11) is 0. The van der Waals surface area contributed by atoms with Crippen LogP contribution in [0.3, 0.4) is 0 Å². The number of nitrogens with two attached hydrogens (primary N) is 1. The fourth-order valence-electron chi connectivity index (χ4n) is 3.61. The Balaban J connectivity index is 0.00000225. The second-order valence-corrected chi connectivity index (χ2v) is 6.57. The van der Waals surface area contributed by atoms with Crippen molar-refractivity contribution in [3.63, 3.8) is 0 Å². The van der Waals surface area contributed by atoms with Gasteiger partial charge < -0.3 is 20.9 Å². The largest absolute Gasteiger partial charge is 0.337 e. The van der Waals surface area contributed by atoms with Crippen LogP contribution in [0.2, 0.25) is 0 Å². The maximum Gasteiger partial charge on any atom is 0.318 e. The van der Waals surface area contributed by atoms with E-state index in [2.05, 4.69) is 17.4 Å². The number of nitrogens with one attached hydrogen (secondary N) is 1. The Morgan fingerprint density at radius 2 is 1.92 bits per heavy atom. The number of likely N-dealkylation sites (tertiary alicyclic amines) is 1. The minimum absolute atomic E-state index is 0. The zero-order chi connectivity index (χ0) is 16.9. The molecule has 2 aliphatic rings. The fraction of sp³-hybridized carbons (Fsp3) is 0.556. The van der Waals surface area contributed by atoms with E-state index in [0.717, 1.165) is 32.2 Å². The highest BCUT2D eigenvalue weighted by molar-refractivity contribution is 5.85. The number of hydrogen-bond acceptors (Lipinski definition) is 3. The van der Waals surface area contributed by atoms with Gasteiger partial charge in [0.05, 0.1) is 6.54 Å². The number of nitrogens with zero attached hydrogens (tertiary/aromatic N) is 2. The lowest BCUT2D eigenvalue weighted by molar-refractivity contribution is -0.133. The average molecular weight is 367 g/mol. The van der Waals surface area contributed by atoms with Crippen molar-refractivity contribution in [1.29, 1.82) is 0 Å². The van der Waals surface area contributed by atoms with Gasteiger partial charge in [-0.1, -0.05) is 24.3 Å². The van der Waals surface area contributed by atoms with Gasteiger partial charge in [0.25, 0.3) is 0 Å². The van der Waals surface area contributed by atoms with Gasteiger partial charge in [-0.25, -0.2) is 4.79 Å². The predicted octanol–water partition coefficient (Wildman–Crippen LogP) is 1.52. The van der Waals surface area contributed by atoms with Crippen molar-refractivity contribution in [1.82, 2.24) is 15.1 Å². The van der Waals surface area contributed by atoms with Crippen molar-refractivity contribution in [2.75, 3.05) is 26.2 Å². The second-order valence-electron chi connectivity index (χ2n) is 6.57. The van der Waals surface area contributed by atoms with Gasteiger partial charge >= 0.3 is 6.03 Å². The van der Waals surface area contributed by atoms with Crippen LogP contribution in [0.25, 0.3) is 0 Å². The Labute approximate surface area is 155 Å². The molecule has 1 saturated heterocycles. The van der Waals surface area contributed by atoms with Crippen molar-refractivity contribution in [2.24, 2.45) is 5.73 Å². The first kappa shape index (κ1) is 19.5. The molecular formula is C18H27ClN4O2. The molecule has 0 aliphatic carbocycles. The zero-order valence-corrected chi connectivity index (χ0v) is 15.3. The van der Waals surface area contributed by atoms with Crippen LogP contribution < -0.4 is 11.1 Å². The number of rotatable bonds is 3. The molecule has 3 amide bonds. The van der Waals surface area contributed by atoms with Crippen molar-refractivity contribution in [3.8, 4) is 0 Å². The second kappa shape index (κ2) is 9.06. The molecule has 1 aromatic rings. The van der Waals surface area contributed by atoms with Gasteiger partial charge in [-0.2, -0.15) is 0 Å². The topological polar surface area (TPSA) is 78.7 Å². The zero-order valence-electron chi connectivity index (χ0n) is 14.4. The molecule has 2 aliphatic heterocycles. The van der Waals surface area contributed by atoms with Crippen LogP contribution >= 0.6 is 12.4 Å². The molecule has 0 radical (unpaired) electrons. The van der Waals surface area contributed by atoms with Gasteiger partial charge in [0.15, 0.2) is 0 Å². The Morgan fingerprint density at radius 3 is 2.68 bits per heavy atom. The highest BCUT2D eigenvalue weighted by atomic mass is 35.5. The molecule has 6 nitrogen and oxygen atoms in total. The molecule has 2 heterocycles. The van der Waals surface area contributed by atoms with Crippen molar-refractivity contribution < 1.29 is 9.59 Å². The lowest BCUT2D eigenvalue weighted by atomic mass is 10.0. The van der Waals surface area contributed by atoms with Crippen LogP contribution in [0.5, 0.6) is 0 Å². The number of amides is 3. The molecular weight excluding hydrogens is 340 g/mol. The van der Waals surface area contributed by atoms with Gasteiger partial charge in [-0.15, -0.1) is 12.4 Å².